The number of H-pyrrole nitrogens is 1. The number of fused-ring (bicyclic) bond motifs is 1. The second kappa shape index (κ2) is 6.66. The van der Waals surface area contributed by atoms with E-state index in [2.05, 4.69) is 32.2 Å². The van der Waals surface area contributed by atoms with Crippen LogP contribution in [0.4, 0.5) is 10.1 Å². The van der Waals surface area contributed by atoms with Gasteiger partial charge in [0, 0.05) is 25.7 Å². The van der Waals surface area contributed by atoms with Crippen molar-refractivity contribution in [2.75, 3.05) is 11.4 Å². The van der Waals surface area contributed by atoms with Crippen LogP contribution in [0.3, 0.4) is 0 Å². The van der Waals surface area contributed by atoms with Gasteiger partial charge in [-0.2, -0.15) is 20.0 Å². The Balaban J connectivity index is 1.75. The molecular formula is C19H21FN8O. The van der Waals surface area contributed by atoms with Gasteiger partial charge < -0.3 is 10.0 Å². The van der Waals surface area contributed by atoms with Crippen LogP contribution in [-0.2, 0) is 7.05 Å². The van der Waals surface area contributed by atoms with Crippen LogP contribution in [-0.4, -0.2) is 58.5 Å². The number of rotatable bonds is 3. The van der Waals surface area contributed by atoms with E-state index in [1.165, 1.54) is 10.9 Å². The number of nitrogens with zero attached hydrogens (tertiary/aromatic N) is 7. The molecule has 1 aliphatic rings. The van der Waals surface area contributed by atoms with Gasteiger partial charge in [0.2, 0.25) is 0 Å². The number of pyridine rings is 1. The largest absolute Gasteiger partial charge is 0.393 e. The van der Waals surface area contributed by atoms with Gasteiger partial charge in [0.05, 0.1) is 41.5 Å². The molecule has 0 aromatic carbocycles. The molecule has 1 aliphatic heterocycles. The van der Waals surface area contributed by atoms with E-state index in [4.69, 9.17) is 4.98 Å². The first-order chi connectivity index (χ1) is 14.0. The third-order valence-corrected chi connectivity index (χ3v) is 5.53. The summed E-state index contributed by atoms with van der Waals surface area (Å²) < 4.78 is 17.6. The number of halogens is 1. The van der Waals surface area contributed by atoms with Crippen molar-refractivity contribution in [2.24, 2.45) is 7.05 Å². The van der Waals surface area contributed by atoms with E-state index >= 15 is 0 Å². The van der Waals surface area contributed by atoms with E-state index < -0.39 is 5.82 Å². The maximum atomic E-state index is 14.5. The Bertz CT molecular complexity index is 1150. The number of anilines is 1. The number of piperidine rings is 1. The average Bonchev–Trinajstić information content (AvgIpc) is 3.41. The SMILES string of the molecule is C[C@@H]1C[C@H](O)CCN1c1cc(-c2c(F)cnn2C)nc2c1cnn2-c1ccn[nH]1. The highest BCUT2D eigenvalue weighted by Crippen LogP contribution is 2.35. The number of aromatic amines is 1. The van der Waals surface area contributed by atoms with Gasteiger partial charge in [-0.3, -0.25) is 9.78 Å². The summed E-state index contributed by atoms with van der Waals surface area (Å²) in [6.45, 7) is 2.78. The van der Waals surface area contributed by atoms with Gasteiger partial charge in [0.1, 0.15) is 5.69 Å². The number of aryl methyl sites for hydroxylation is 1. The summed E-state index contributed by atoms with van der Waals surface area (Å²) >= 11 is 0. The molecule has 5 rings (SSSR count). The Morgan fingerprint density at radius 2 is 2.14 bits per heavy atom. The molecule has 29 heavy (non-hydrogen) atoms. The molecule has 1 fully saturated rings. The Morgan fingerprint density at radius 3 is 2.83 bits per heavy atom. The van der Waals surface area contributed by atoms with Crippen molar-refractivity contribution < 1.29 is 9.50 Å². The van der Waals surface area contributed by atoms with Gasteiger partial charge >= 0.3 is 0 Å². The van der Waals surface area contributed by atoms with Crippen LogP contribution in [0, 0.1) is 5.82 Å². The molecule has 0 spiro atoms. The van der Waals surface area contributed by atoms with E-state index in [0.717, 1.165) is 11.1 Å². The minimum Gasteiger partial charge on any atom is -0.393 e. The quantitative estimate of drug-likeness (QED) is 0.550. The molecular weight excluding hydrogens is 375 g/mol. The smallest absolute Gasteiger partial charge is 0.170 e. The third-order valence-electron chi connectivity index (χ3n) is 5.53. The summed E-state index contributed by atoms with van der Waals surface area (Å²) in [5, 5.41) is 26.3. The van der Waals surface area contributed by atoms with Crippen molar-refractivity contribution in [3.05, 3.63) is 36.5 Å². The van der Waals surface area contributed by atoms with E-state index in [-0.39, 0.29) is 12.1 Å². The minimum atomic E-state index is -0.431. The Morgan fingerprint density at radius 1 is 1.28 bits per heavy atom. The lowest BCUT2D eigenvalue weighted by Crippen LogP contribution is -2.42. The van der Waals surface area contributed by atoms with Crippen LogP contribution in [0.2, 0.25) is 0 Å². The summed E-state index contributed by atoms with van der Waals surface area (Å²) in [6.07, 6.45) is 5.64. The molecule has 150 valence electrons. The normalized spacial score (nSPS) is 19.9. The third kappa shape index (κ3) is 2.87. The zero-order chi connectivity index (χ0) is 20.1. The van der Waals surface area contributed by atoms with Crippen molar-refractivity contribution in [1.82, 2.24) is 34.7 Å². The molecule has 9 nitrogen and oxygen atoms in total. The lowest BCUT2D eigenvalue weighted by Gasteiger charge is -2.38. The van der Waals surface area contributed by atoms with Crippen molar-refractivity contribution in [3.63, 3.8) is 0 Å². The van der Waals surface area contributed by atoms with Crippen LogP contribution < -0.4 is 4.90 Å². The predicted octanol–water partition coefficient (Wildman–Crippen LogP) is 2.03. The topological polar surface area (TPSA) is 101 Å². The molecule has 0 amide bonds. The van der Waals surface area contributed by atoms with Crippen LogP contribution >= 0.6 is 0 Å². The Labute approximate surface area is 165 Å². The Kier molecular flexibility index (Phi) is 4.09. The standard InChI is InChI=1S/C19H21FN8O/c1-11-7-12(29)4-6-27(11)16-8-15(18-14(20)10-22-26(18)2)24-19-13(16)9-23-28(19)17-3-5-21-25-17/h3,5,8-12,29H,4,6-7H2,1-2H3,(H,21,25)/t11-,12-/m1/s1. The highest BCUT2D eigenvalue weighted by molar-refractivity contribution is 5.93. The fourth-order valence-corrected chi connectivity index (χ4v) is 4.09. The molecule has 1 saturated heterocycles. The fraction of sp³-hybridized carbons (Fsp3) is 0.368. The van der Waals surface area contributed by atoms with Gasteiger partial charge in [-0.15, -0.1) is 0 Å². The molecule has 0 saturated carbocycles. The Hall–Kier alpha value is -3.27. The van der Waals surface area contributed by atoms with Crippen molar-refractivity contribution >= 4 is 16.7 Å². The maximum Gasteiger partial charge on any atom is 0.170 e. The molecule has 2 atom stereocenters. The van der Waals surface area contributed by atoms with Gasteiger partial charge in [-0.1, -0.05) is 0 Å². The van der Waals surface area contributed by atoms with Crippen molar-refractivity contribution in [2.45, 2.75) is 31.9 Å². The molecule has 0 radical (unpaired) electrons. The van der Waals surface area contributed by atoms with Crippen LogP contribution in [0.1, 0.15) is 19.8 Å². The second-order valence-corrected chi connectivity index (χ2v) is 7.45. The predicted molar refractivity (Wildman–Crippen MR) is 105 cm³/mol. The number of nitrogens with one attached hydrogen (secondary N) is 1. The van der Waals surface area contributed by atoms with E-state index in [9.17, 15) is 9.50 Å². The summed E-state index contributed by atoms with van der Waals surface area (Å²) in [6, 6.07) is 3.81. The highest BCUT2D eigenvalue weighted by atomic mass is 19.1. The molecule has 4 aromatic heterocycles. The van der Waals surface area contributed by atoms with Gasteiger partial charge in [-0.05, 0) is 25.8 Å². The second-order valence-electron chi connectivity index (χ2n) is 7.45. The zero-order valence-corrected chi connectivity index (χ0v) is 16.1. The van der Waals surface area contributed by atoms with Crippen LogP contribution in [0.5, 0.6) is 0 Å². The van der Waals surface area contributed by atoms with Gasteiger partial charge in [0.15, 0.2) is 17.3 Å². The monoisotopic (exact) mass is 396 g/mol. The number of aliphatic hydroxyl groups is 1. The lowest BCUT2D eigenvalue weighted by molar-refractivity contribution is 0.131. The summed E-state index contributed by atoms with van der Waals surface area (Å²) in [5.74, 6) is 0.239. The highest BCUT2D eigenvalue weighted by Gasteiger charge is 2.28. The molecule has 4 aromatic rings. The van der Waals surface area contributed by atoms with Gasteiger partial charge in [0.25, 0.3) is 0 Å². The number of hydrogen-bond acceptors (Lipinski definition) is 6. The van der Waals surface area contributed by atoms with Crippen molar-refractivity contribution in [3.8, 4) is 17.2 Å². The molecule has 0 bridgehead atoms. The minimum absolute atomic E-state index is 0.129. The maximum absolute atomic E-state index is 14.5. The molecule has 10 heteroatoms. The number of hydrogen-bond donors (Lipinski definition) is 2. The van der Waals surface area contributed by atoms with E-state index in [0.29, 0.717) is 42.2 Å². The number of aliphatic hydroxyl groups excluding tert-OH is 1. The summed E-state index contributed by atoms with van der Waals surface area (Å²) in [4.78, 5) is 6.96. The van der Waals surface area contributed by atoms with Crippen LogP contribution in [0.25, 0.3) is 28.2 Å². The zero-order valence-electron chi connectivity index (χ0n) is 16.1. The molecule has 2 N–H and O–H groups in total. The fourth-order valence-electron chi connectivity index (χ4n) is 4.09. The molecule has 0 aliphatic carbocycles. The average molecular weight is 396 g/mol. The van der Waals surface area contributed by atoms with Gasteiger partial charge in [-0.25, -0.2) is 9.37 Å². The summed E-state index contributed by atoms with van der Waals surface area (Å²) in [7, 11) is 1.69. The lowest BCUT2D eigenvalue weighted by atomic mass is 9.99. The molecule has 5 heterocycles. The van der Waals surface area contributed by atoms with E-state index in [1.54, 1.807) is 30.2 Å². The van der Waals surface area contributed by atoms with Crippen molar-refractivity contribution in [1.29, 1.82) is 0 Å². The first-order valence-electron chi connectivity index (χ1n) is 9.54. The molecule has 0 unspecified atom stereocenters. The number of aromatic nitrogens is 7. The van der Waals surface area contributed by atoms with Crippen LogP contribution in [0.15, 0.2) is 30.7 Å². The first-order valence-corrected chi connectivity index (χ1v) is 9.54. The summed E-state index contributed by atoms with van der Waals surface area (Å²) in [5.41, 5.74) is 2.30. The van der Waals surface area contributed by atoms with E-state index in [1.807, 2.05) is 6.07 Å². The first kappa shape index (κ1) is 17.8.